The number of carbonyl (C=O) groups excluding carboxylic acids is 2. The number of hydrogen-bond acceptors (Lipinski definition) is 5. The first-order valence-electron chi connectivity index (χ1n) is 8.89. The second-order valence-corrected chi connectivity index (χ2v) is 6.15. The van der Waals surface area contributed by atoms with E-state index in [1.807, 2.05) is 37.3 Å². The Hall–Kier alpha value is -3.13. The van der Waals surface area contributed by atoms with Crippen molar-refractivity contribution < 1.29 is 19.1 Å². The first kappa shape index (κ1) is 21.2. The zero-order valence-electron chi connectivity index (χ0n) is 15.6. The first-order chi connectivity index (χ1) is 13.6. The largest absolute Gasteiger partial charge is 0.490 e. The quantitative estimate of drug-likeness (QED) is 0.358. The third-order valence-corrected chi connectivity index (χ3v) is 3.70. The van der Waals surface area contributed by atoms with Gasteiger partial charge in [0.2, 0.25) is 5.91 Å². The average Bonchev–Trinajstić information content (AvgIpc) is 2.71. The van der Waals surface area contributed by atoms with Crippen LogP contribution in [0.1, 0.15) is 30.1 Å². The average molecular weight is 401 g/mol. The van der Waals surface area contributed by atoms with E-state index >= 15 is 0 Å². The zero-order valence-corrected chi connectivity index (χ0v) is 16.4. The van der Waals surface area contributed by atoms with Gasteiger partial charge in [-0.2, -0.15) is 0 Å². The normalized spacial score (nSPS) is 9.89. The van der Waals surface area contributed by atoms with E-state index in [2.05, 4.69) is 16.2 Å². The Morgan fingerprint density at radius 1 is 0.893 bits per heavy atom. The van der Waals surface area contributed by atoms with E-state index in [0.717, 1.165) is 12.2 Å². The number of amides is 2. The molecule has 0 fully saturated rings. The van der Waals surface area contributed by atoms with Crippen LogP contribution in [0.15, 0.2) is 54.6 Å². The summed E-state index contributed by atoms with van der Waals surface area (Å²) in [6.07, 6.45) is 1.10. The molecule has 0 unspecified atom stereocenters. The van der Waals surface area contributed by atoms with Gasteiger partial charge >= 0.3 is 0 Å². The van der Waals surface area contributed by atoms with Gasteiger partial charge in [-0.15, -0.1) is 0 Å². The van der Waals surface area contributed by atoms with Crippen LogP contribution >= 0.6 is 12.2 Å². The number of thiocarbonyl (C=S) groups is 1. The summed E-state index contributed by atoms with van der Waals surface area (Å²) in [5, 5.41) is 2.51. The summed E-state index contributed by atoms with van der Waals surface area (Å²) in [5.41, 5.74) is 5.32. The van der Waals surface area contributed by atoms with E-state index in [0.29, 0.717) is 30.9 Å². The highest BCUT2D eigenvalue weighted by Gasteiger charge is 2.08. The number of rotatable bonds is 8. The van der Waals surface area contributed by atoms with Crippen molar-refractivity contribution in [3.63, 3.8) is 0 Å². The molecule has 7 nitrogen and oxygen atoms in total. The third-order valence-electron chi connectivity index (χ3n) is 3.50. The summed E-state index contributed by atoms with van der Waals surface area (Å²) >= 11 is 4.97. The van der Waals surface area contributed by atoms with E-state index in [4.69, 9.17) is 21.7 Å². The SMILES string of the molecule is CCCC(=O)NNC(=S)NC(=O)c1ccc(OCCOc2ccccc2)cc1. The summed E-state index contributed by atoms with van der Waals surface area (Å²) in [6.45, 7) is 2.69. The molecule has 28 heavy (non-hydrogen) atoms. The van der Waals surface area contributed by atoms with E-state index in [1.54, 1.807) is 24.3 Å². The Kier molecular flexibility index (Phi) is 8.74. The summed E-state index contributed by atoms with van der Waals surface area (Å²) in [7, 11) is 0. The second kappa shape index (κ2) is 11.6. The maximum atomic E-state index is 12.1. The topological polar surface area (TPSA) is 88.7 Å². The molecule has 0 atom stereocenters. The van der Waals surface area contributed by atoms with Crippen LogP contribution in [0.5, 0.6) is 11.5 Å². The van der Waals surface area contributed by atoms with Crippen LogP contribution in [0.3, 0.4) is 0 Å². The lowest BCUT2D eigenvalue weighted by Crippen LogP contribution is -2.48. The second-order valence-electron chi connectivity index (χ2n) is 5.74. The smallest absolute Gasteiger partial charge is 0.257 e. The van der Waals surface area contributed by atoms with Gasteiger partial charge in [-0.1, -0.05) is 25.1 Å². The number of nitrogens with one attached hydrogen (secondary N) is 3. The molecule has 148 valence electrons. The van der Waals surface area contributed by atoms with Gasteiger partial charge in [-0.25, -0.2) is 0 Å². The van der Waals surface area contributed by atoms with Crippen molar-refractivity contribution >= 4 is 29.1 Å². The molecule has 2 amide bonds. The standard InChI is InChI=1S/C20H23N3O4S/c1-2-6-18(24)22-23-20(28)21-19(25)15-9-11-17(12-10-15)27-14-13-26-16-7-4-3-5-8-16/h3-5,7-12H,2,6,13-14H2,1H3,(H,22,24)(H2,21,23,25,28). The number of hydrazine groups is 1. The fourth-order valence-corrected chi connectivity index (χ4v) is 2.30. The maximum absolute atomic E-state index is 12.1. The van der Waals surface area contributed by atoms with Crippen LogP contribution < -0.4 is 25.6 Å². The molecular weight excluding hydrogens is 378 g/mol. The van der Waals surface area contributed by atoms with Gasteiger partial charge < -0.3 is 9.47 Å². The molecule has 2 aromatic carbocycles. The number of ether oxygens (including phenoxy) is 2. The minimum Gasteiger partial charge on any atom is -0.490 e. The van der Waals surface area contributed by atoms with Gasteiger partial charge in [0.15, 0.2) is 5.11 Å². The minimum absolute atomic E-state index is 0.0211. The summed E-state index contributed by atoms with van der Waals surface area (Å²) in [6, 6.07) is 16.1. The van der Waals surface area contributed by atoms with E-state index in [-0.39, 0.29) is 16.9 Å². The molecule has 0 aliphatic heterocycles. The molecule has 0 saturated heterocycles. The van der Waals surface area contributed by atoms with Crippen LogP contribution in [0.4, 0.5) is 0 Å². The van der Waals surface area contributed by atoms with Gasteiger partial charge in [0.05, 0.1) is 0 Å². The lowest BCUT2D eigenvalue weighted by molar-refractivity contribution is -0.121. The fourth-order valence-electron chi connectivity index (χ4n) is 2.16. The van der Waals surface area contributed by atoms with E-state index in [9.17, 15) is 9.59 Å². The summed E-state index contributed by atoms with van der Waals surface area (Å²) < 4.78 is 11.1. The number of para-hydroxylation sites is 1. The zero-order chi connectivity index (χ0) is 20.2. The van der Waals surface area contributed by atoms with Crippen molar-refractivity contribution in [3.8, 4) is 11.5 Å². The molecular formula is C20H23N3O4S. The van der Waals surface area contributed by atoms with Crippen LogP contribution in [-0.4, -0.2) is 30.1 Å². The van der Waals surface area contributed by atoms with Gasteiger partial charge in [-0.05, 0) is 55.0 Å². The molecule has 0 heterocycles. The van der Waals surface area contributed by atoms with Crippen LogP contribution in [-0.2, 0) is 4.79 Å². The third kappa shape index (κ3) is 7.63. The monoisotopic (exact) mass is 401 g/mol. The molecule has 0 aliphatic carbocycles. The van der Waals surface area contributed by atoms with Gasteiger partial charge in [0.1, 0.15) is 24.7 Å². The molecule has 2 aromatic rings. The Bertz CT molecular complexity index is 782. The summed E-state index contributed by atoms with van der Waals surface area (Å²) in [4.78, 5) is 23.5. The summed E-state index contributed by atoms with van der Waals surface area (Å²) in [5.74, 6) is 0.826. The van der Waals surface area contributed by atoms with Crippen molar-refractivity contribution in [1.82, 2.24) is 16.2 Å². The molecule has 0 radical (unpaired) electrons. The molecule has 2 rings (SSSR count). The molecule has 0 aliphatic rings. The predicted molar refractivity (Wildman–Crippen MR) is 110 cm³/mol. The molecule has 8 heteroatoms. The maximum Gasteiger partial charge on any atom is 0.257 e. The van der Waals surface area contributed by atoms with Crippen LogP contribution in [0.25, 0.3) is 0 Å². The van der Waals surface area contributed by atoms with Crippen molar-refractivity contribution in [2.24, 2.45) is 0 Å². The highest BCUT2D eigenvalue weighted by Crippen LogP contribution is 2.13. The fraction of sp³-hybridized carbons (Fsp3) is 0.250. The lowest BCUT2D eigenvalue weighted by Gasteiger charge is -2.11. The van der Waals surface area contributed by atoms with Gasteiger partial charge in [0.25, 0.3) is 5.91 Å². The predicted octanol–water partition coefficient (Wildman–Crippen LogP) is 2.58. The first-order valence-corrected chi connectivity index (χ1v) is 9.30. The minimum atomic E-state index is -0.388. The molecule has 0 bridgehead atoms. The Morgan fingerprint density at radius 3 is 2.11 bits per heavy atom. The van der Waals surface area contributed by atoms with Crippen molar-refractivity contribution in [3.05, 3.63) is 60.2 Å². The van der Waals surface area contributed by atoms with Crippen molar-refractivity contribution in [2.75, 3.05) is 13.2 Å². The Morgan fingerprint density at radius 2 is 1.50 bits per heavy atom. The molecule has 0 saturated carbocycles. The highest BCUT2D eigenvalue weighted by molar-refractivity contribution is 7.80. The van der Waals surface area contributed by atoms with E-state index < -0.39 is 0 Å². The lowest BCUT2D eigenvalue weighted by atomic mass is 10.2. The van der Waals surface area contributed by atoms with Crippen molar-refractivity contribution in [1.29, 1.82) is 0 Å². The van der Waals surface area contributed by atoms with E-state index in [1.165, 1.54) is 0 Å². The Labute approximate surface area is 169 Å². The number of carbonyl (C=O) groups is 2. The number of hydrogen-bond donors (Lipinski definition) is 3. The van der Waals surface area contributed by atoms with Crippen LogP contribution in [0.2, 0.25) is 0 Å². The highest BCUT2D eigenvalue weighted by atomic mass is 32.1. The molecule has 3 N–H and O–H groups in total. The van der Waals surface area contributed by atoms with Crippen LogP contribution in [0, 0.1) is 0 Å². The molecule has 0 spiro atoms. The Balaban J connectivity index is 1.71. The van der Waals surface area contributed by atoms with Crippen molar-refractivity contribution in [2.45, 2.75) is 19.8 Å². The van der Waals surface area contributed by atoms with Gasteiger partial charge in [0, 0.05) is 12.0 Å². The molecule has 0 aromatic heterocycles. The number of benzene rings is 2. The van der Waals surface area contributed by atoms with Gasteiger partial charge in [-0.3, -0.25) is 25.8 Å².